The first-order valence-corrected chi connectivity index (χ1v) is 9.15. The molecule has 0 saturated carbocycles. The van der Waals surface area contributed by atoms with Crippen molar-refractivity contribution < 1.29 is 36.9 Å². The van der Waals surface area contributed by atoms with Gasteiger partial charge < -0.3 is 21.0 Å². The Morgan fingerprint density at radius 1 is 0.806 bits per heavy atom. The van der Waals surface area contributed by atoms with Crippen LogP contribution in [0.4, 0.5) is 0 Å². The molecule has 0 aliphatic rings. The van der Waals surface area contributed by atoms with Crippen LogP contribution in [0.15, 0.2) is 49.1 Å². The van der Waals surface area contributed by atoms with Gasteiger partial charge in [0.1, 0.15) is 0 Å². The van der Waals surface area contributed by atoms with Crippen LogP contribution in [0.25, 0.3) is 10.8 Å². The summed E-state index contributed by atoms with van der Waals surface area (Å²) in [6.45, 7) is 6.94. The van der Waals surface area contributed by atoms with Crippen molar-refractivity contribution in [2.24, 2.45) is 0 Å². The summed E-state index contributed by atoms with van der Waals surface area (Å²) < 4.78 is 0. The number of hydrogen-bond acceptors (Lipinski definition) is 8. The summed E-state index contributed by atoms with van der Waals surface area (Å²) in [5.74, 6) is 0.162. The average Bonchev–Trinajstić information content (AvgIpc) is 2.72. The van der Waals surface area contributed by atoms with Crippen LogP contribution in [-0.2, 0) is 17.1 Å². The molecule has 0 saturated heterocycles. The van der Waals surface area contributed by atoms with Crippen molar-refractivity contribution in [1.29, 1.82) is 0 Å². The molecule has 169 valence electrons. The van der Waals surface area contributed by atoms with Crippen molar-refractivity contribution in [3.63, 3.8) is 0 Å². The summed E-state index contributed by atoms with van der Waals surface area (Å²) in [5.41, 5.74) is 1.43. The van der Waals surface area contributed by atoms with Crippen LogP contribution in [0.5, 0.6) is 0 Å². The van der Waals surface area contributed by atoms with Crippen molar-refractivity contribution in [3.05, 3.63) is 71.0 Å². The molecular formula is C20H26MnN4O4S2. The third-order valence-electron chi connectivity index (χ3n) is 2.17. The molecule has 2 N–H and O–H groups in total. The number of Topliss-reactive ketones (excluding diaryl/α,β-unsaturated/α-hetero) is 2. The number of aromatic nitrogens is 2. The molecule has 8 nitrogen and oxygen atoms in total. The van der Waals surface area contributed by atoms with Gasteiger partial charge in [0.25, 0.3) is 0 Å². The van der Waals surface area contributed by atoms with Gasteiger partial charge in [-0.05, 0) is 52.0 Å². The van der Waals surface area contributed by atoms with Crippen molar-refractivity contribution in [1.82, 2.24) is 9.97 Å². The van der Waals surface area contributed by atoms with Crippen LogP contribution < -0.4 is 0 Å². The van der Waals surface area contributed by atoms with Gasteiger partial charge in [-0.25, -0.2) is 0 Å². The molecule has 1 radical (unpaired) electrons. The van der Waals surface area contributed by atoms with Crippen LogP contribution in [0.1, 0.15) is 48.4 Å². The molecule has 2 rings (SSSR count). The van der Waals surface area contributed by atoms with Gasteiger partial charge in [-0.3, -0.25) is 19.6 Å². The second-order valence-electron chi connectivity index (χ2n) is 4.40. The molecule has 2 aromatic heterocycles. The number of thiocarbonyl (C=S) groups is 2. The number of carbonyl (C=O) groups is 2. The first kappa shape index (κ1) is 39.2. The Morgan fingerprint density at radius 3 is 1.06 bits per heavy atom. The molecule has 0 amide bonds. The minimum atomic E-state index is 0. The number of aliphatic hydroxyl groups excluding tert-OH is 2. The van der Waals surface area contributed by atoms with E-state index >= 15 is 0 Å². The Morgan fingerprint density at radius 2 is 0.968 bits per heavy atom. The first-order valence-electron chi connectivity index (χ1n) is 8.33. The Labute approximate surface area is 204 Å². The van der Waals surface area contributed by atoms with E-state index in [-0.39, 0.29) is 41.8 Å². The van der Waals surface area contributed by atoms with E-state index in [4.69, 9.17) is 21.0 Å². The van der Waals surface area contributed by atoms with Crippen LogP contribution in [0, 0.1) is 0 Å². The van der Waals surface area contributed by atoms with Gasteiger partial charge in [-0.1, -0.05) is 24.4 Å². The number of nitrogens with zero attached hydrogens (tertiary/aromatic N) is 4. The van der Waals surface area contributed by atoms with E-state index in [0.717, 1.165) is 0 Å². The van der Waals surface area contributed by atoms with E-state index in [9.17, 15) is 9.59 Å². The molecule has 11 heteroatoms. The minimum Gasteiger partial charge on any atom is -0.753 e. The Bertz CT molecular complexity index is 661. The van der Waals surface area contributed by atoms with Gasteiger partial charge in [-0.15, -0.1) is 0 Å². The van der Waals surface area contributed by atoms with Gasteiger partial charge >= 0.3 is 17.1 Å². The van der Waals surface area contributed by atoms with Gasteiger partial charge in [-0.2, -0.15) is 10.3 Å². The fourth-order valence-corrected chi connectivity index (χ4v) is 1.17. The van der Waals surface area contributed by atoms with E-state index in [2.05, 4.69) is 34.4 Å². The molecule has 2 heterocycles. The number of rotatable bonds is 2. The fourth-order valence-electron chi connectivity index (χ4n) is 1.17. The number of carbonyl (C=O) groups excluding carboxylic acids is 2. The maximum Gasteiger partial charge on any atom is 2.00 e. The van der Waals surface area contributed by atoms with Crippen molar-refractivity contribution >= 4 is 46.3 Å². The maximum absolute atomic E-state index is 10.6. The summed E-state index contributed by atoms with van der Waals surface area (Å²) in [5, 5.41) is 32.1. The van der Waals surface area contributed by atoms with Crippen LogP contribution in [0.3, 0.4) is 0 Å². The van der Waals surface area contributed by atoms with E-state index in [1.165, 1.54) is 24.2 Å². The smallest absolute Gasteiger partial charge is 0.753 e. The SMILES string of the molecule is CC(=O)c1ccncc1.CC(=O)c1ccncc1.CCO.CCO.[Mn+2].[N-]=C=S.[N-]=C=S. The second kappa shape index (κ2) is 35.1. The Hall–Kier alpha value is -2.32. The molecular weight excluding hydrogens is 479 g/mol. The summed E-state index contributed by atoms with van der Waals surface area (Å²) >= 11 is 7.40. The van der Waals surface area contributed by atoms with Crippen LogP contribution >= 0.6 is 24.4 Å². The molecule has 0 unspecified atom stereocenters. The molecule has 0 atom stereocenters. The molecule has 0 spiro atoms. The summed E-state index contributed by atoms with van der Waals surface area (Å²) in [7, 11) is 0. The molecule has 0 bridgehead atoms. The first-order chi connectivity index (χ1) is 14.3. The quantitative estimate of drug-likeness (QED) is 0.271. The molecule has 2 aromatic rings. The predicted molar refractivity (Wildman–Crippen MR) is 126 cm³/mol. The fraction of sp³-hybridized carbons (Fsp3) is 0.300. The van der Waals surface area contributed by atoms with Crippen molar-refractivity contribution in [3.8, 4) is 0 Å². The van der Waals surface area contributed by atoms with E-state index in [1.54, 1.807) is 62.9 Å². The van der Waals surface area contributed by atoms with E-state index in [0.29, 0.717) is 11.1 Å². The zero-order valence-electron chi connectivity index (χ0n) is 17.7. The number of isothiocyanates is 2. The van der Waals surface area contributed by atoms with Gasteiger partial charge in [0.05, 0.1) is 0 Å². The average molecular weight is 506 g/mol. The maximum atomic E-state index is 10.6. The largest absolute Gasteiger partial charge is 2.00 e. The number of ketones is 2. The normalized spacial score (nSPS) is 6.90. The molecule has 0 fully saturated rings. The molecule has 0 aliphatic heterocycles. The van der Waals surface area contributed by atoms with E-state index < -0.39 is 0 Å². The van der Waals surface area contributed by atoms with Crippen molar-refractivity contribution in [2.75, 3.05) is 13.2 Å². The molecule has 0 aliphatic carbocycles. The number of pyridine rings is 2. The molecule has 0 aromatic carbocycles. The minimum absolute atomic E-state index is 0. The van der Waals surface area contributed by atoms with Crippen LogP contribution in [-0.4, -0.2) is 55.3 Å². The Kier molecular flexibility index (Phi) is 44.4. The van der Waals surface area contributed by atoms with Gasteiger partial charge in [0.15, 0.2) is 11.6 Å². The Balaban J connectivity index is -0.0000000957. The van der Waals surface area contributed by atoms with Gasteiger partial charge in [0, 0.05) is 49.1 Å². The summed E-state index contributed by atoms with van der Waals surface area (Å²) in [6.07, 6.45) is 6.43. The van der Waals surface area contributed by atoms with Crippen LogP contribution in [0.2, 0.25) is 0 Å². The third-order valence-corrected chi connectivity index (χ3v) is 2.17. The van der Waals surface area contributed by atoms with E-state index in [1.807, 2.05) is 0 Å². The zero-order valence-corrected chi connectivity index (χ0v) is 20.5. The monoisotopic (exact) mass is 505 g/mol. The summed E-state index contributed by atoms with van der Waals surface area (Å²) in [6, 6.07) is 6.79. The zero-order chi connectivity index (χ0) is 24.2. The second-order valence-corrected chi connectivity index (χ2v) is 4.76. The number of aliphatic hydroxyl groups is 2. The predicted octanol–water partition coefficient (Wildman–Crippen LogP) is 3.88. The van der Waals surface area contributed by atoms with Gasteiger partial charge in [0.2, 0.25) is 0 Å². The number of hydrogen-bond donors (Lipinski definition) is 2. The standard InChI is InChI=1S/2C7H7NO.2C2H6O.2CNS.Mn/c2*1-6(9)7-2-4-8-5-3-7;2*1-2-3;2*2-1-3;/h2*2-5H,1H3;2*3H,2H2,1H3;;;/q;;;;2*-1;+2. The van der Waals surface area contributed by atoms with Crippen molar-refractivity contribution in [2.45, 2.75) is 27.7 Å². The topological polar surface area (TPSA) is 145 Å². The molecule has 31 heavy (non-hydrogen) atoms. The third kappa shape index (κ3) is 38.8. The summed E-state index contributed by atoms with van der Waals surface area (Å²) in [4.78, 5) is 28.8.